The van der Waals surface area contributed by atoms with E-state index in [4.69, 9.17) is 5.73 Å². The van der Waals surface area contributed by atoms with Crippen LogP contribution in [0.15, 0.2) is 0 Å². The van der Waals surface area contributed by atoms with Crippen molar-refractivity contribution >= 4 is 0 Å². The predicted octanol–water partition coefficient (Wildman–Crippen LogP) is 2.64. The standard InChI is InChI=1S/C10H20FN/c1-4-5-8(9(2,3)11)10(12)6-7-10/h8H,4-7,12H2,1-3H3. The molecular formula is C10H20FN. The largest absolute Gasteiger partial charge is 0.325 e. The van der Waals surface area contributed by atoms with Crippen molar-refractivity contribution in [1.82, 2.24) is 0 Å². The summed E-state index contributed by atoms with van der Waals surface area (Å²) in [6, 6.07) is 0. The molecular weight excluding hydrogens is 153 g/mol. The molecule has 2 N–H and O–H groups in total. The van der Waals surface area contributed by atoms with Crippen LogP contribution in [0.1, 0.15) is 46.5 Å². The Morgan fingerprint density at radius 1 is 1.50 bits per heavy atom. The molecule has 72 valence electrons. The molecule has 0 radical (unpaired) electrons. The van der Waals surface area contributed by atoms with Gasteiger partial charge in [0, 0.05) is 11.5 Å². The lowest BCUT2D eigenvalue weighted by Crippen LogP contribution is -2.43. The number of halogens is 1. The van der Waals surface area contributed by atoms with Crippen molar-refractivity contribution in [3.63, 3.8) is 0 Å². The van der Waals surface area contributed by atoms with Crippen LogP contribution < -0.4 is 5.73 Å². The zero-order valence-electron chi connectivity index (χ0n) is 8.36. The molecule has 0 heterocycles. The van der Waals surface area contributed by atoms with Gasteiger partial charge in [-0.1, -0.05) is 13.3 Å². The SMILES string of the molecule is CCCC(C(C)(C)F)C1(N)CC1. The summed E-state index contributed by atoms with van der Waals surface area (Å²) in [5.74, 6) is 0.0509. The predicted molar refractivity (Wildman–Crippen MR) is 49.7 cm³/mol. The maximum Gasteiger partial charge on any atom is 0.110 e. The first-order valence-electron chi connectivity index (χ1n) is 4.88. The highest BCUT2D eigenvalue weighted by Gasteiger charge is 2.51. The normalized spacial score (nSPS) is 23.8. The second-order valence-corrected chi connectivity index (χ2v) is 4.64. The fourth-order valence-electron chi connectivity index (χ4n) is 2.10. The quantitative estimate of drug-likeness (QED) is 0.695. The molecule has 1 nitrogen and oxygen atoms in total. The maximum absolute atomic E-state index is 13.7. The Hall–Kier alpha value is -0.110. The first-order valence-corrected chi connectivity index (χ1v) is 4.88. The Morgan fingerprint density at radius 3 is 2.25 bits per heavy atom. The van der Waals surface area contributed by atoms with Gasteiger partial charge in [0.25, 0.3) is 0 Å². The Morgan fingerprint density at radius 2 is 2.00 bits per heavy atom. The fourth-order valence-corrected chi connectivity index (χ4v) is 2.10. The number of alkyl halides is 1. The lowest BCUT2D eigenvalue weighted by molar-refractivity contribution is 0.0893. The molecule has 0 spiro atoms. The second kappa shape index (κ2) is 2.99. The molecule has 1 fully saturated rings. The van der Waals surface area contributed by atoms with Gasteiger partial charge in [0.05, 0.1) is 0 Å². The van der Waals surface area contributed by atoms with Crippen molar-refractivity contribution in [2.45, 2.75) is 57.7 Å². The maximum atomic E-state index is 13.7. The van der Waals surface area contributed by atoms with E-state index in [-0.39, 0.29) is 11.5 Å². The van der Waals surface area contributed by atoms with Crippen LogP contribution in [-0.4, -0.2) is 11.2 Å². The molecule has 0 aromatic rings. The van der Waals surface area contributed by atoms with Gasteiger partial charge in [-0.15, -0.1) is 0 Å². The monoisotopic (exact) mass is 173 g/mol. The van der Waals surface area contributed by atoms with Gasteiger partial charge in [-0.25, -0.2) is 4.39 Å². The topological polar surface area (TPSA) is 26.0 Å². The smallest absolute Gasteiger partial charge is 0.110 e. The molecule has 1 atom stereocenters. The minimum Gasteiger partial charge on any atom is -0.325 e. The molecule has 1 unspecified atom stereocenters. The summed E-state index contributed by atoms with van der Waals surface area (Å²) in [5.41, 5.74) is 4.74. The zero-order valence-corrected chi connectivity index (χ0v) is 8.36. The van der Waals surface area contributed by atoms with E-state index in [0.717, 1.165) is 25.7 Å². The van der Waals surface area contributed by atoms with E-state index < -0.39 is 5.67 Å². The van der Waals surface area contributed by atoms with Crippen LogP contribution in [0.25, 0.3) is 0 Å². The van der Waals surface area contributed by atoms with E-state index in [1.165, 1.54) is 0 Å². The summed E-state index contributed by atoms with van der Waals surface area (Å²) >= 11 is 0. The molecule has 0 bridgehead atoms. The molecule has 0 aliphatic heterocycles. The van der Waals surface area contributed by atoms with E-state index in [9.17, 15) is 4.39 Å². The molecule has 0 aromatic heterocycles. The van der Waals surface area contributed by atoms with Gasteiger partial charge in [-0.3, -0.25) is 0 Å². The Balaban J connectivity index is 2.62. The molecule has 0 aromatic carbocycles. The number of rotatable bonds is 4. The molecule has 0 saturated heterocycles. The Bertz CT molecular complexity index is 150. The summed E-state index contributed by atoms with van der Waals surface area (Å²) in [7, 11) is 0. The highest BCUT2D eigenvalue weighted by Crippen LogP contribution is 2.47. The van der Waals surface area contributed by atoms with Gasteiger partial charge in [-0.05, 0) is 33.1 Å². The van der Waals surface area contributed by atoms with Crippen LogP contribution >= 0.6 is 0 Å². The summed E-state index contributed by atoms with van der Waals surface area (Å²) in [4.78, 5) is 0. The van der Waals surface area contributed by atoms with E-state index >= 15 is 0 Å². The third kappa shape index (κ3) is 1.98. The highest BCUT2D eigenvalue weighted by atomic mass is 19.1. The first-order chi connectivity index (χ1) is 5.40. The molecule has 12 heavy (non-hydrogen) atoms. The van der Waals surface area contributed by atoms with Crippen molar-refractivity contribution in [3.8, 4) is 0 Å². The lowest BCUT2D eigenvalue weighted by atomic mass is 9.81. The van der Waals surface area contributed by atoms with Crippen molar-refractivity contribution in [2.24, 2.45) is 11.7 Å². The van der Waals surface area contributed by atoms with Gasteiger partial charge in [-0.2, -0.15) is 0 Å². The summed E-state index contributed by atoms with van der Waals surface area (Å²) in [5, 5.41) is 0. The Labute approximate surface area is 74.5 Å². The van der Waals surface area contributed by atoms with Crippen molar-refractivity contribution in [3.05, 3.63) is 0 Å². The van der Waals surface area contributed by atoms with Crippen LogP contribution in [0.4, 0.5) is 4.39 Å². The van der Waals surface area contributed by atoms with E-state index in [2.05, 4.69) is 6.92 Å². The number of hydrogen-bond acceptors (Lipinski definition) is 1. The van der Waals surface area contributed by atoms with E-state index in [1.807, 2.05) is 0 Å². The first kappa shape index (κ1) is 9.97. The van der Waals surface area contributed by atoms with Gasteiger partial charge >= 0.3 is 0 Å². The molecule has 0 amide bonds. The number of hydrogen-bond donors (Lipinski definition) is 1. The summed E-state index contributed by atoms with van der Waals surface area (Å²) in [6.07, 6.45) is 3.95. The van der Waals surface area contributed by atoms with Crippen LogP contribution in [-0.2, 0) is 0 Å². The third-order valence-corrected chi connectivity index (χ3v) is 2.93. The zero-order chi connectivity index (χ0) is 9.41. The molecule has 2 heteroatoms. The minimum absolute atomic E-state index is 0.0509. The highest BCUT2D eigenvalue weighted by molar-refractivity contribution is 5.08. The third-order valence-electron chi connectivity index (χ3n) is 2.93. The van der Waals surface area contributed by atoms with Gasteiger partial charge in [0.2, 0.25) is 0 Å². The number of nitrogens with two attached hydrogens (primary N) is 1. The van der Waals surface area contributed by atoms with Gasteiger partial charge in [0.1, 0.15) is 5.67 Å². The van der Waals surface area contributed by atoms with E-state index in [1.54, 1.807) is 13.8 Å². The Kier molecular flexibility index (Phi) is 2.48. The fraction of sp³-hybridized carbons (Fsp3) is 1.00. The molecule has 1 rings (SSSR count). The van der Waals surface area contributed by atoms with Crippen molar-refractivity contribution in [2.75, 3.05) is 0 Å². The van der Waals surface area contributed by atoms with Crippen LogP contribution in [0, 0.1) is 5.92 Å². The van der Waals surface area contributed by atoms with Gasteiger partial charge in [0.15, 0.2) is 0 Å². The molecule has 1 saturated carbocycles. The minimum atomic E-state index is -1.11. The van der Waals surface area contributed by atoms with Gasteiger partial charge < -0.3 is 5.73 Å². The molecule has 1 aliphatic rings. The van der Waals surface area contributed by atoms with E-state index in [0.29, 0.717) is 0 Å². The lowest BCUT2D eigenvalue weighted by Gasteiger charge is -2.32. The molecule has 1 aliphatic carbocycles. The van der Waals surface area contributed by atoms with Crippen LogP contribution in [0.2, 0.25) is 0 Å². The average Bonchev–Trinajstić information content (AvgIpc) is 2.61. The van der Waals surface area contributed by atoms with Crippen LogP contribution in [0.5, 0.6) is 0 Å². The van der Waals surface area contributed by atoms with Crippen molar-refractivity contribution < 1.29 is 4.39 Å². The second-order valence-electron chi connectivity index (χ2n) is 4.64. The summed E-state index contributed by atoms with van der Waals surface area (Å²) in [6.45, 7) is 5.39. The van der Waals surface area contributed by atoms with Crippen molar-refractivity contribution in [1.29, 1.82) is 0 Å². The van der Waals surface area contributed by atoms with Crippen LogP contribution in [0.3, 0.4) is 0 Å². The summed E-state index contributed by atoms with van der Waals surface area (Å²) < 4.78 is 13.7. The average molecular weight is 173 g/mol.